The van der Waals surface area contributed by atoms with Gasteiger partial charge in [0.1, 0.15) is 0 Å². The van der Waals surface area contributed by atoms with Gasteiger partial charge in [-0.15, -0.1) is 0 Å². The summed E-state index contributed by atoms with van der Waals surface area (Å²) in [4.78, 5) is 0. The van der Waals surface area contributed by atoms with E-state index in [2.05, 4.69) is 23.8 Å². The predicted octanol–water partition coefficient (Wildman–Crippen LogP) is 2.15. The molecular weight excluding hydrogens is 226 g/mol. The Morgan fingerprint density at radius 2 is 2.00 bits per heavy atom. The third-order valence-corrected chi connectivity index (χ3v) is 3.24. The van der Waals surface area contributed by atoms with E-state index in [0.717, 1.165) is 45.4 Å². The summed E-state index contributed by atoms with van der Waals surface area (Å²) < 4.78 is 7.28. The van der Waals surface area contributed by atoms with Crippen molar-refractivity contribution in [3.8, 4) is 0 Å². The highest BCUT2D eigenvalue weighted by atomic mass is 16.5. The Labute approximate surface area is 111 Å². The topological polar surface area (TPSA) is 39.1 Å². The minimum absolute atomic E-state index is 0.840. The number of nitrogens with one attached hydrogen (secondary N) is 1. The molecule has 0 radical (unpaired) electrons. The van der Waals surface area contributed by atoms with E-state index in [1.807, 2.05) is 7.05 Å². The van der Waals surface area contributed by atoms with Crippen LogP contribution in [0.3, 0.4) is 0 Å². The van der Waals surface area contributed by atoms with Gasteiger partial charge in [-0.3, -0.25) is 4.68 Å². The summed E-state index contributed by atoms with van der Waals surface area (Å²) in [5.41, 5.74) is 4.03. The normalized spacial score (nSPS) is 11.1. The van der Waals surface area contributed by atoms with Crippen LogP contribution >= 0.6 is 0 Å². The van der Waals surface area contributed by atoms with E-state index in [1.165, 1.54) is 17.0 Å². The second-order valence-corrected chi connectivity index (χ2v) is 4.53. The van der Waals surface area contributed by atoms with E-state index in [9.17, 15) is 0 Å². The lowest BCUT2D eigenvalue weighted by Gasteiger charge is -2.07. The second-order valence-electron chi connectivity index (χ2n) is 4.53. The Morgan fingerprint density at radius 1 is 1.22 bits per heavy atom. The zero-order valence-electron chi connectivity index (χ0n) is 12.3. The Kier molecular flexibility index (Phi) is 6.98. The van der Waals surface area contributed by atoms with E-state index < -0.39 is 0 Å². The van der Waals surface area contributed by atoms with Gasteiger partial charge in [-0.1, -0.05) is 13.8 Å². The highest BCUT2D eigenvalue weighted by Crippen LogP contribution is 2.16. The number of hydrogen-bond acceptors (Lipinski definition) is 3. The smallest absolute Gasteiger partial charge is 0.0669 e. The van der Waals surface area contributed by atoms with Gasteiger partial charge >= 0.3 is 0 Å². The molecule has 1 aromatic rings. The van der Waals surface area contributed by atoms with Crippen molar-refractivity contribution in [2.24, 2.45) is 0 Å². The highest BCUT2D eigenvalue weighted by Gasteiger charge is 2.14. The Morgan fingerprint density at radius 3 is 2.56 bits per heavy atom. The summed E-state index contributed by atoms with van der Waals surface area (Å²) in [6.45, 7) is 7.15. The largest absolute Gasteiger partial charge is 0.385 e. The molecule has 0 aliphatic carbocycles. The van der Waals surface area contributed by atoms with Gasteiger partial charge in [0, 0.05) is 38.1 Å². The molecule has 0 aliphatic rings. The zero-order chi connectivity index (χ0) is 13.4. The number of ether oxygens (including phenoxy) is 1. The van der Waals surface area contributed by atoms with Gasteiger partial charge in [-0.2, -0.15) is 5.10 Å². The molecule has 0 atom stereocenters. The summed E-state index contributed by atoms with van der Waals surface area (Å²) in [5, 5.41) is 8.00. The van der Waals surface area contributed by atoms with E-state index >= 15 is 0 Å². The molecule has 4 heteroatoms. The minimum atomic E-state index is 0.840. The molecule has 0 aromatic carbocycles. The lowest BCUT2D eigenvalue weighted by atomic mass is 10.1. The number of aryl methyl sites for hydroxylation is 2. The van der Waals surface area contributed by atoms with Gasteiger partial charge < -0.3 is 10.1 Å². The maximum absolute atomic E-state index is 5.09. The molecule has 1 heterocycles. The first-order valence-corrected chi connectivity index (χ1v) is 6.99. The van der Waals surface area contributed by atoms with Gasteiger partial charge in [0.25, 0.3) is 0 Å². The number of rotatable bonds is 9. The van der Waals surface area contributed by atoms with Crippen molar-refractivity contribution in [1.29, 1.82) is 0 Å². The van der Waals surface area contributed by atoms with E-state index in [1.54, 1.807) is 7.11 Å². The molecule has 1 rings (SSSR count). The maximum Gasteiger partial charge on any atom is 0.0669 e. The zero-order valence-corrected chi connectivity index (χ0v) is 12.3. The summed E-state index contributed by atoms with van der Waals surface area (Å²) in [6, 6.07) is 0. The van der Waals surface area contributed by atoms with E-state index in [0.29, 0.717) is 0 Å². The van der Waals surface area contributed by atoms with Gasteiger partial charge in [-0.05, 0) is 32.7 Å². The number of unbranched alkanes of at least 4 members (excludes halogenated alkanes) is 1. The molecular formula is C14H27N3O. The fourth-order valence-electron chi connectivity index (χ4n) is 2.34. The molecule has 104 valence electrons. The van der Waals surface area contributed by atoms with Crippen LogP contribution in [-0.2, 0) is 30.7 Å². The second kappa shape index (κ2) is 8.27. The molecule has 0 aliphatic heterocycles. The first-order valence-electron chi connectivity index (χ1n) is 6.99. The van der Waals surface area contributed by atoms with Crippen molar-refractivity contribution in [3.63, 3.8) is 0 Å². The average molecular weight is 253 g/mol. The third kappa shape index (κ3) is 3.82. The fraction of sp³-hybridized carbons (Fsp3) is 0.786. The number of methoxy groups -OCH3 is 1. The van der Waals surface area contributed by atoms with Crippen molar-refractivity contribution < 1.29 is 4.74 Å². The molecule has 4 nitrogen and oxygen atoms in total. The summed E-state index contributed by atoms with van der Waals surface area (Å²) in [7, 11) is 3.75. The minimum Gasteiger partial charge on any atom is -0.385 e. The van der Waals surface area contributed by atoms with Gasteiger partial charge in [0.2, 0.25) is 0 Å². The molecule has 0 bridgehead atoms. The van der Waals surface area contributed by atoms with Gasteiger partial charge in [0.05, 0.1) is 5.69 Å². The molecule has 0 unspecified atom stereocenters. The van der Waals surface area contributed by atoms with Crippen LogP contribution in [0.15, 0.2) is 0 Å². The number of aromatic nitrogens is 2. The molecule has 1 N–H and O–H groups in total. The summed E-state index contributed by atoms with van der Waals surface area (Å²) >= 11 is 0. The summed E-state index contributed by atoms with van der Waals surface area (Å²) in [6.07, 6.45) is 4.29. The van der Waals surface area contributed by atoms with Gasteiger partial charge in [0.15, 0.2) is 0 Å². The van der Waals surface area contributed by atoms with Crippen LogP contribution in [0.25, 0.3) is 0 Å². The quantitative estimate of drug-likeness (QED) is 0.685. The number of hydrogen-bond donors (Lipinski definition) is 1. The monoisotopic (exact) mass is 253 g/mol. The van der Waals surface area contributed by atoms with Crippen LogP contribution in [0.1, 0.15) is 43.6 Å². The van der Waals surface area contributed by atoms with Crippen molar-refractivity contribution in [1.82, 2.24) is 15.1 Å². The predicted molar refractivity (Wildman–Crippen MR) is 74.9 cm³/mol. The van der Waals surface area contributed by atoms with Crippen LogP contribution < -0.4 is 5.32 Å². The van der Waals surface area contributed by atoms with Crippen LogP contribution in [0, 0.1) is 0 Å². The van der Waals surface area contributed by atoms with Crippen molar-refractivity contribution in [2.75, 3.05) is 20.8 Å². The highest BCUT2D eigenvalue weighted by molar-refractivity contribution is 5.26. The molecule has 0 spiro atoms. The standard InChI is InChI=1S/C14H27N3O/c1-5-13-12(11-15-3)14(6-2)17(16-13)9-7-8-10-18-4/h15H,5-11H2,1-4H3. The first kappa shape index (κ1) is 15.2. The lowest BCUT2D eigenvalue weighted by Crippen LogP contribution is -2.10. The summed E-state index contributed by atoms with van der Waals surface area (Å²) in [5.74, 6) is 0. The molecule has 1 aromatic heterocycles. The van der Waals surface area contributed by atoms with E-state index in [-0.39, 0.29) is 0 Å². The van der Waals surface area contributed by atoms with Crippen LogP contribution in [0.2, 0.25) is 0 Å². The van der Waals surface area contributed by atoms with E-state index in [4.69, 9.17) is 9.84 Å². The maximum atomic E-state index is 5.09. The Hall–Kier alpha value is -0.870. The van der Waals surface area contributed by atoms with Gasteiger partial charge in [-0.25, -0.2) is 0 Å². The average Bonchev–Trinajstić information content (AvgIpc) is 2.72. The van der Waals surface area contributed by atoms with Crippen LogP contribution in [0.4, 0.5) is 0 Å². The van der Waals surface area contributed by atoms with Crippen LogP contribution in [0.5, 0.6) is 0 Å². The Balaban J connectivity index is 2.76. The van der Waals surface area contributed by atoms with Crippen molar-refractivity contribution >= 4 is 0 Å². The van der Waals surface area contributed by atoms with Crippen molar-refractivity contribution in [3.05, 3.63) is 17.0 Å². The van der Waals surface area contributed by atoms with Crippen LogP contribution in [-0.4, -0.2) is 30.5 Å². The lowest BCUT2D eigenvalue weighted by molar-refractivity contribution is 0.191. The molecule has 0 fully saturated rings. The molecule has 0 saturated heterocycles. The molecule has 0 saturated carbocycles. The third-order valence-electron chi connectivity index (χ3n) is 3.24. The number of nitrogens with zero attached hydrogens (tertiary/aromatic N) is 2. The fourth-order valence-corrected chi connectivity index (χ4v) is 2.34. The Bertz CT molecular complexity index is 347. The first-order chi connectivity index (χ1) is 8.78. The molecule has 18 heavy (non-hydrogen) atoms. The molecule has 0 amide bonds. The SMILES string of the molecule is CCc1nn(CCCCOC)c(CC)c1CNC. The van der Waals surface area contributed by atoms with Crippen molar-refractivity contribution in [2.45, 2.75) is 52.6 Å².